The number of hydrogen-bond donors (Lipinski definition) is 2. The lowest BCUT2D eigenvalue weighted by molar-refractivity contribution is 0.252. The first-order chi connectivity index (χ1) is 12.1. The van der Waals surface area contributed by atoms with E-state index in [-0.39, 0.29) is 12.2 Å². The van der Waals surface area contributed by atoms with Crippen LogP contribution in [0.4, 0.5) is 14.9 Å². The highest BCUT2D eigenvalue weighted by molar-refractivity contribution is 5.89. The maximum Gasteiger partial charge on any atom is 0.319 e. The number of nitriles is 1. The number of anilines is 1. The van der Waals surface area contributed by atoms with E-state index in [0.717, 1.165) is 11.6 Å². The number of carbonyl (C=O) groups is 1. The van der Waals surface area contributed by atoms with Gasteiger partial charge in [-0.25, -0.2) is 9.18 Å². The smallest absolute Gasteiger partial charge is 0.319 e. The molecule has 0 saturated carbocycles. The van der Waals surface area contributed by atoms with Crippen LogP contribution in [0.3, 0.4) is 0 Å². The van der Waals surface area contributed by atoms with Crippen molar-refractivity contribution >= 4 is 11.7 Å². The van der Waals surface area contributed by atoms with E-state index < -0.39 is 11.8 Å². The van der Waals surface area contributed by atoms with Crippen molar-refractivity contribution in [1.82, 2.24) is 5.32 Å². The number of benzene rings is 2. The van der Waals surface area contributed by atoms with Crippen molar-refractivity contribution < 1.29 is 13.9 Å². The van der Waals surface area contributed by atoms with Crippen molar-refractivity contribution in [1.29, 1.82) is 5.26 Å². The number of amides is 2. The number of carbonyl (C=O) groups excluding carboxylic acids is 1. The molecule has 0 atom stereocenters. The van der Waals surface area contributed by atoms with Gasteiger partial charge in [0, 0.05) is 12.2 Å². The van der Waals surface area contributed by atoms with E-state index in [1.54, 1.807) is 6.07 Å². The molecule has 2 rings (SSSR count). The van der Waals surface area contributed by atoms with Crippen LogP contribution >= 0.6 is 0 Å². The van der Waals surface area contributed by atoms with Gasteiger partial charge in [-0.05, 0) is 42.3 Å². The van der Waals surface area contributed by atoms with Crippen LogP contribution in [0.25, 0.3) is 0 Å². The minimum absolute atomic E-state index is 0.120. The molecule has 0 spiro atoms. The molecule has 0 aromatic heterocycles. The Kier molecular flexibility index (Phi) is 6.39. The average molecular weight is 337 g/mol. The second-order valence-corrected chi connectivity index (χ2v) is 5.07. The molecule has 0 aliphatic carbocycles. The highest BCUT2D eigenvalue weighted by atomic mass is 19.1. The van der Waals surface area contributed by atoms with Gasteiger partial charge in [0.25, 0.3) is 0 Å². The second kappa shape index (κ2) is 8.95. The van der Waals surface area contributed by atoms with E-state index >= 15 is 0 Å². The van der Waals surface area contributed by atoms with Gasteiger partial charge in [0.15, 0.2) is 0 Å². The zero-order chi connectivity index (χ0) is 18.1. The second-order valence-electron chi connectivity index (χ2n) is 5.07. The Balaban J connectivity index is 1.79. The van der Waals surface area contributed by atoms with Gasteiger partial charge in [-0.1, -0.05) is 18.1 Å². The molecule has 126 valence electrons. The summed E-state index contributed by atoms with van der Waals surface area (Å²) in [5.74, 6) is 2.46. The molecule has 5 nitrogen and oxygen atoms in total. The van der Waals surface area contributed by atoms with Crippen LogP contribution in [0.2, 0.25) is 0 Å². The Morgan fingerprint density at radius 3 is 2.68 bits per heavy atom. The van der Waals surface area contributed by atoms with Crippen molar-refractivity contribution in [2.45, 2.75) is 6.42 Å². The molecular formula is C19H16FN3O2. The van der Waals surface area contributed by atoms with Gasteiger partial charge in [0.2, 0.25) is 0 Å². The third-order valence-corrected chi connectivity index (χ3v) is 3.29. The standard InChI is InChI=1S/C19H16FN3O2/c1-2-11-25-17-6-3-14(4-7-17)9-10-22-19(24)23-16-5-8-18(20)15(12-16)13-21/h1,3-8,12H,9-11H2,(H2,22,23,24). The Hall–Kier alpha value is -3.51. The summed E-state index contributed by atoms with van der Waals surface area (Å²) >= 11 is 0. The molecule has 2 amide bonds. The van der Waals surface area contributed by atoms with Gasteiger partial charge < -0.3 is 15.4 Å². The Labute approximate surface area is 145 Å². The van der Waals surface area contributed by atoms with Crippen molar-refractivity contribution in [3.8, 4) is 24.2 Å². The van der Waals surface area contributed by atoms with E-state index in [9.17, 15) is 9.18 Å². The SMILES string of the molecule is C#CCOc1ccc(CCNC(=O)Nc2ccc(F)c(C#N)c2)cc1. The quantitative estimate of drug-likeness (QED) is 0.796. The molecule has 0 heterocycles. The predicted octanol–water partition coefficient (Wildman–Crippen LogP) is 3.07. The van der Waals surface area contributed by atoms with Gasteiger partial charge in [-0.3, -0.25) is 0 Å². The lowest BCUT2D eigenvalue weighted by Crippen LogP contribution is -2.30. The maximum absolute atomic E-state index is 13.2. The highest BCUT2D eigenvalue weighted by Gasteiger charge is 2.06. The van der Waals surface area contributed by atoms with E-state index in [1.165, 1.54) is 12.1 Å². The zero-order valence-corrected chi connectivity index (χ0v) is 13.4. The van der Waals surface area contributed by atoms with Crippen LogP contribution in [0.1, 0.15) is 11.1 Å². The molecule has 0 saturated heterocycles. The summed E-state index contributed by atoms with van der Waals surface area (Å²) in [5, 5.41) is 14.0. The molecule has 25 heavy (non-hydrogen) atoms. The first kappa shape index (κ1) is 17.8. The number of hydrogen-bond acceptors (Lipinski definition) is 3. The fourth-order valence-corrected chi connectivity index (χ4v) is 2.06. The Morgan fingerprint density at radius 1 is 1.24 bits per heavy atom. The summed E-state index contributed by atoms with van der Waals surface area (Å²) in [6.45, 7) is 0.640. The van der Waals surface area contributed by atoms with Crippen molar-refractivity contribution in [3.63, 3.8) is 0 Å². The van der Waals surface area contributed by atoms with Gasteiger partial charge in [-0.2, -0.15) is 5.26 Å². The number of urea groups is 1. The number of terminal acetylenes is 1. The van der Waals surface area contributed by atoms with Crippen molar-refractivity contribution in [3.05, 3.63) is 59.4 Å². The summed E-state index contributed by atoms with van der Waals surface area (Å²) in [4.78, 5) is 11.8. The summed E-state index contributed by atoms with van der Waals surface area (Å²) in [5.41, 5.74) is 1.26. The lowest BCUT2D eigenvalue weighted by Gasteiger charge is -2.09. The molecule has 0 fully saturated rings. The molecule has 0 bridgehead atoms. The molecule has 2 N–H and O–H groups in total. The number of ether oxygens (including phenoxy) is 1. The summed E-state index contributed by atoms with van der Waals surface area (Å²) in [6, 6.07) is 12.5. The lowest BCUT2D eigenvalue weighted by atomic mass is 10.1. The molecule has 0 radical (unpaired) electrons. The van der Waals surface area contributed by atoms with Crippen LogP contribution in [-0.4, -0.2) is 19.2 Å². The Bertz CT molecular complexity index is 820. The molecule has 2 aromatic rings. The van der Waals surface area contributed by atoms with Gasteiger partial charge >= 0.3 is 6.03 Å². The van der Waals surface area contributed by atoms with Gasteiger partial charge in [0.05, 0.1) is 5.56 Å². The van der Waals surface area contributed by atoms with E-state index in [1.807, 2.05) is 24.3 Å². The highest BCUT2D eigenvalue weighted by Crippen LogP contribution is 2.14. The zero-order valence-electron chi connectivity index (χ0n) is 13.4. The van der Waals surface area contributed by atoms with Gasteiger partial charge in [-0.15, -0.1) is 6.42 Å². The number of halogens is 1. The predicted molar refractivity (Wildman–Crippen MR) is 92.6 cm³/mol. The van der Waals surface area contributed by atoms with Crippen LogP contribution in [0, 0.1) is 29.5 Å². The molecule has 0 aliphatic rings. The van der Waals surface area contributed by atoms with Crippen LogP contribution in [0.15, 0.2) is 42.5 Å². The monoisotopic (exact) mass is 337 g/mol. The fourth-order valence-electron chi connectivity index (χ4n) is 2.06. The van der Waals surface area contributed by atoms with Crippen LogP contribution < -0.4 is 15.4 Å². The topological polar surface area (TPSA) is 74.2 Å². The van der Waals surface area contributed by atoms with Crippen molar-refractivity contribution in [2.75, 3.05) is 18.5 Å². The largest absolute Gasteiger partial charge is 0.481 e. The molecular weight excluding hydrogens is 321 g/mol. The summed E-state index contributed by atoms with van der Waals surface area (Å²) in [6.07, 6.45) is 5.76. The molecule has 0 aliphatic heterocycles. The normalized spacial score (nSPS) is 9.56. The molecule has 2 aromatic carbocycles. The van der Waals surface area contributed by atoms with Crippen LogP contribution in [0.5, 0.6) is 5.75 Å². The fraction of sp³-hybridized carbons (Fsp3) is 0.158. The Morgan fingerprint density at radius 2 is 2.00 bits per heavy atom. The first-order valence-corrected chi connectivity index (χ1v) is 7.52. The number of rotatable bonds is 6. The molecule has 0 unspecified atom stereocenters. The van der Waals surface area contributed by atoms with Crippen LogP contribution in [-0.2, 0) is 6.42 Å². The van der Waals surface area contributed by atoms with E-state index in [0.29, 0.717) is 24.4 Å². The molecule has 6 heteroatoms. The number of nitrogens with zero attached hydrogens (tertiary/aromatic N) is 1. The van der Waals surface area contributed by atoms with Gasteiger partial charge in [0.1, 0.15) is 24.2 Å². The first-order valence-electron chi connectivity index (χ1n) is 7.52. The summed E-state index contributed by atoms with van der Waals surface area (Å²) in [7, 11) is 0. The number of nitrogens with one attached hydrogen (secondary N) is 2. The van der Waals surface area contributed by atoms with E-state index in [2.05, 4.69) is 16.6 Å². The minimum atomic E-state index is -0.622. The third-order valence-electron chi connectivity index (χ3n) is 3.29. The maximum atomic E-state index is 13.2. The average Bonchev–Trinajstić information content (AvgIpc) is 2.62. The summed E-state index contributed by atoms with van der Waals surface area (Å²) < 4.78 is 18.5. The van der Waals surface area contributed by atoms with E-state index in [4.69, 9.17) is 16.4 Å². The minimum Gasteiger partial charge on any atom is -0.481 e. The van der Waals surface area contributed by atoms with Crippen molar-refractivity contribution in [2.24, 2.45) is 0 Å². The third kappa shape index (κ3) is 5.56.